The fourth-order valence-corrected chi connectivity index (χ4v) is 3.00. The highest BCUT2D eigenvalue weighted by molar-refractivity contribution is 7.17. The van der Waals surface area contributed by atoms with Crippen molar-refractivity contribution >= 4 is 27.1 Å². The first-order valence-corrected chi connectivity index (χ1v) is 7.05. The molecular formula is C16H15NOS. The molecule has 0 atom stereocenters. The van der Waals surface area contributed by atoms with Gasteiger partial charge in [0.1, 0.15) is 12.4 Å². The van der Waals surface area contributed by atoms with E-state index in [0.717, 1.165) is 11.4 Å². The van der Waals surface area contributed by atoms with Crippen LogP contribution in [0.2, 0.25) is 0 Å². The number of benzene rings is 2. The Balaban J connectivity index is 1.80. The third-order valence-corrected chi connectivity index (χ3v) is 4.09. The van der Waals surface area contributed by atoms with Crippen molar-refractivity contribution in [2.24, 2.45) is 0 Å². The van der Waals surface area contributed by atoms with Crippen LogP contribution in [0.15, 0.2) is 47.8 Å². The van der Waals surface area contributed by atoms with Crippen LogP contribution in [0.3, 0.4) is 0 Å². The van der Waals surface area contributed by atoms with Gasteiger partial charge in [-0.15, -0.1) is 11.3 Å². The van der Waals surface area contributed by atoms with Gasteiger partial charge in [0.25, 0.3) is 0 Å². The first kappa shape index (κ1) is 12.1. The van der Waals surface area contributed by atoms with Crippen molar-refractivity contribution in [3.63, 3.8) is 0 Å². The standard InChI is InChI=1S/C16H15NOS/c1-11-2-5-14(6-3-11)18-9-12-10-19-16-8-13(17)4-7-15(12)16/h2-8,10H,9,17H2,1H3. The van der Waals surface area contributed by atoms with Crippen LogP contribution < -0.4 is 10.5 Å². The third-order valence-electron chi connectivity index (χ3n) is 3.10. The zero-order valence-corrected chi connectivity index (χ0v) is 11.5. The lowest BCUT2D eigenvalue weighted by Crippen LogP contribution is -1.94. The summed E-state index contributed by atoms with van der Waals surface area (Å²) in [6.45, 7) is 2.66. The highest BCUT2D eigenvalue weighted by Crippen LogP contribution is 2.28. The highest BCUT2D eigenvalue weighted by atomic mass is 32.1. The highest BCUT2D eigenvalue weighted by Gasteiger charge is 2.05. The van der Waals surface area contributed by atoms with Gasteiger partial charge < -0.3 is 10.5 Å². The maximum absolute atomic E-state index is 5.82. The van der Waals surface area contributed by atoms with Crippen LogP contribution in [0, 0.1) is 6.92 Å². The lowest BCUT2D eigenvalue weighted by molar-refractivity contribution is 0.308. The predicted molar refractivity (Wildman–Crippen MR) is 81.7 cm³/mol. The average molecular weight is 269 g/mol. The third kappa shape index (κ3) is 2.56. The quantitative estimate of drug-likeness (QED) is 0.716. The number of anilines is 1. The molecule has 3 aromatic rings. The second kappa shape index (κ2) is 4.94. The van der Waals surface area contributed by atoms with Crippen molar-refractivity contribution in [3.8, 4) is 5.75 Å². The monoisotopic (exact) mass is 269 g/mol. The summed E-state index contributed by atoms with van der Waals surface area (Å²) < 4.78 is 7.03. The van der Waals surface area contributed by atoms with E-state index in [2.05, 4.69) is 30.5 Å². The molecule has 1 aromatic heterocycles. The maximum atomic E-state index is 5.82. The van der Waals surface area contributed by atoms with E-state index < -0.39 is 0 Å². The molecule has 3 rings (SSSR count). The second-order valence-corrected chi connectivity index (χ2v) is 5.53. The molecule has 0 spiro atoms. The van der Waals surface area contributed by atoms with Crippen LogP contribution in [0.25, 0.3) is 10.1 Å². The van der Waals surface area contributed by atoms with Gasteiger partial charge in [0.05, 0.1) is 0 Å². The van der Waals surface area contributed by atoms with Gasteiger partial charge >= 0.3 is 0 Å². The Morgan fingerprint density at radius 2 is 1.89 bits per heavy atom. The van der Waals surface area contributed by atoms with Crippen molar-refractivity contribution < 1.29 is 4.74 Å². The van der Waals surface area contributed by atoms with E-state index in [1.165, 1.54) is 21.2 Å². The summed E-state index contributed by atoms with van der Waals surface area (Å²) in [7, 11) is 0. The van der Waals surface area contributed by atoms with Gasteiger partial charge in [-0.05, 0) is 42.0 Å². The minimum Gasteiger partial charge on any atom is -0.489 e. The van der Waals surface area contributed by atoms with E-state index in [9.17, 15) is 0 Å². The van der Waals surface area contributed by atoms with Crippen molar-refractivity contribution in [2.75, 3.05) is 5.73 Å². The summed E-state index contributed by atoms with van der Waals surface area (Å²) in [4.78, 5) is 0. The number of hydrogen-bond donors (Lipinski definition) is 1. The van der Waals surface area contributed by atoms with Crippen molar-refractivity contribution in [3.05, 3.63) is 59.0 Å². The number of aryl methyl sites for hydroxylation is 1. The lowest BCUT2D eigenvalue weighted by atomic mass is 10.2. The number of thiophene rings is 1. The van der Waals surface area contributed by atoms with Gasteiger partial charge in [0.15, 0.2) is 0 Å². The van der Waals surface area contributed by atoms with Gasteiger partial charge in [-0.1, -0.05) is 23.8 Å². The molecule has 1 heterocycles. The second-order valence-electron chi connectivity index (χ2n) is 4.62. The van der Waals surface area contributed by atoms with Crippen LogP contribution in [0.1, 0.15) is 11.1 Å². The lowest BCUT2D eigenvalue weighted by Gasteiger charge is -2.05. The topological polar surface area (TPSA) is 35.2 Å². The maximum Gasteiger partial charge on any atom is 0.119 e. The Morgan fingerprint density at radius 1 is 1.11 bits per heavy atom. The fourth-order valence-electron chi connectivity index (χ4n) is 2.01. The average Bonchev–Trinajstić information content (AvgIpc) is 2.80. The number of hydrogen-bond acceptors (Lipinski definition) is 3. The zero-order chi connectivity index (χ0) is 13.2. The number of ether oxygens (including phenoxy) is 1. The summed E-state index contributed by atoms with van der Waals surface area (Å²) in [6, 6.07) is 14.1. The predicted octanol–water partition coefficient (Wildman–Crippen LogP) is 4.37. The first-order chi connectivity index (χ1) is 9.22. The number of fused-ring (bicyclic) bond motifs is 1. The molecule has 0 bridgehead atoms. The molecule has 0 saturated heterocycles. The number of nitrogens with two attached hydrogens (primary N) is 1. The molecule has 2 aromatic carbocycles. The molecule has 0 saturated carbocycles. The summed E-state index contributed by atoms with van der Waals surface area (Å²) >= 11 is 1.71. The van der Waals surface area contributed by atoms with Crippen LogP contribution in [0.4, 0.5) is 5.69 Å². The van der Waals surface area contributed by atoms with E-state index >= 15 is 0 Å². The molecule has 2 N–H and O–H groups in total. The molecule has 0 aliphatic rings. The molecule has 0 radical (unpaired) electrons. The van der Waals surface area contributed by atoms with Crippen molar-refractivity contribution in [1.82, 2.24) is 0 Å². The van der Waals surface area contributed by atoms with E-state index in [4.69, 9.17) is 10.5 Å². The molecule has 3 heteroatoms. The van der Waals surface area contributed by atoms with E-state index in [0.29, 0.717) is 6.61 Å². The van der Waals surface area contributed by atoms with Gasteiger partial charge in [0.2, 0.25) is 0 Å². The summed E-state index contributed by atoms with van der Waals surface area (Å²) in [6.07, 6.45) is 0. The Hall–Kier alpha value is -2.00. The Kier molecular flexibility index (Phi) is 3.13. The van der Waals surface area contributed by atoms with Gasteiger partial charge in [0, 0.05) is 16.0 Å². The van der Waals surface area contributed by atoms with Gasteiger partial charge in [-0.25, -0.2) is 0 Å². The largest absolute Gasteiger partial charge is 0.489 e. The molecular weight excluding hydrogens is 254 g/mol. The summed E-state index contributed by atoms with van der Waals surface area (Å²) in [5.74, 6) is 0.903. The molecule has 0 aliphatic carbocycles. The van der Waals surface area contributed by atoms with E-state index in [1.54, 1.807) is 11.3 Å². The molecule has 0 amide bonds. The van der Waals surface area contributed by atoms with Crippen LogP contribution in [-0.4, -0.2) is 0 Å². The minimum absolute atomic E-state index is 0.590. The molecule has 2 nitrogen and oxygen atoms in total. The zero-order valence-electron chi connectivity index (χ0n) is 10.7. The van der Waals surface area contributed by atoms with Crippen molar-refractivity contribution in [1.29, 1.82) is 0 Å². The number of nitrogen functional groups attached to an aromatic ring is 1. The van der Waals surface area contributed by atoms with Crippen LogP contribution in [-0.2, 0) is 6.61 Å². The van der Waals surface area contributed by atoms with Crippen LogP contribution in [0.5, 0.6) is 5.75 Å². The normalized spacial score (nSPS) is 10.8. The van der Waals surface area contributed by atoms with Crippen LogP contribution >= 0.6 is 11.3 Å². The summed E-state index contributed by atoms with van der Waals surface area (Å²) in [5, 5.41) is 3.37. The molecule has 0 aliphatic heterocycles. The van der Waals surface area contributed by atoms with E-state index in [1.807, 2.05) is 24.3 Å². The van der Waals surface area contributed by atoms with Gasteiger partial charge in [-0.3, -0.25) is 0 Å². The molecule has 0 fully saturated rings. The SMILES string of the molecule is Cc1ccc(OCc2csc3cc(N)ccc23)cc1. The Morgan fingerprint density at radius 3 is 2.68 bits per heavy atom. The summed E-state index contributed by atoms with van der Waals surface area (Å²) in [5.41, 5.74) is 9.04. The Labute approximate surface area is 116 Å². The molecule has 96 valence electrons. The fraction of sp³-hybridized carbons (Fsp3) is 0.125. The Bertz CT molecular complexity index is 700. The molecule has 19 heavy (non-hydrogen) atoms. The smallest absolute Gasteiger partial charge is 0.119 e. The number of rotatable bonds is 3. The minimum atomic E-state index is 0.590. The molecule has 0 unspecified atom stereocenters. The van der Waals surface area contributed by atoms with Gasteiger partial charge in [-0.2, -0.15) is 0 Å². The first-order valence-electron chi connectivity index (χ1n) is 6.17. The van der Waals surface area contributed by atoms with E-state index in [-0.39, 0.29) is 0 Å². The van der Waals surface area contributed by atoms with Crippen molar-refractivity contribution in [2.45, 2.75) is 13.5 Å².